The van der Waals surface area contributed by atoms with Crippen LogP contribution in [0.3, 0.4) is 0 Å². The van der Waals surface area contributed by atoms with Crippen LogP contribution in [0.15, 0.2) is 0 Å². The first-order valence-electron chi connectivity index (χ1n) is 6.32. The van der Waals surface area contributed by atoms with Gasteiger partial charge in [-0.3, -0.25) is 9.59 Å². The normalized spacial score (nSPS) is 24.9. The van der Waals surface area contributed by atoms with Crippen molar-refractivity contribution in [1.29, 1.82) is 0 Å². The highest BCUT2D eigenvalue weighted by molar-refractivity contribution is 6.30. The van der Waals surface area contributed by atoms with E-state index in [0.29, 0.717) is 12.8 Å². The summed E-state index contributed by atoms with van der Waals surface area (Å²) in [5, 5.41) is 1.36. The van der Waals surface area contributed by atoms with Crippen LogP contribution in [0, 0.1) is 11.8 Å². The van der Waals surface area contributed by atoms with Crippen molar-refractivity contribution in [3.63, 3.8) is 0 Å². The summed E-state index contributed by atoms with van der Waals surface area (Å²) in [6.45, 7) is -0.153. The monoisotopic (exact) mass is 315 g/mol. The van der Waals surface area contributed by atoms with E-state index in [1.165, 1.54) is 0 Å². The number of hydrogen-bond donors (Lipinski definition) is 1. The fraction of sp³-hybridized carbons (Fsp3) is 0.833. The van der Waals surface area contributed by atoms with Gasteiger partial charge in [0.2, 0.25) is 5.91 Å². The van der Waals surface area contributed by atoms with E-state index >= 15 is 0 Å². The third-order valence-electron chi connectivity index (χ3n) is 3.42. The lowest BCUT2D eigenvalue weighted by Crippen LogP contribution is -2.40. The van der Waals surface area contributed by atoms with E-state index in [2.05, 4.69) is 10.1 Å². The number of amides is 1. The Morgan fingerprint density at radius 1 is 1.40 bits per heavy atom. The molecule has 0 aromatic heterocycles. The second kappa shape index (κ2) is 7.15. The van der Waals surface area contributed by atoms with E-state index < -0.39 is 35.3 Å². The average molecular weight is 316 g/mol. The van der Waals surface area contributed by atoms with Crippen LogP contribution >= 0.6 is 11.6 Å². The van der Waals surface area contributed by atoms with Gasteiger partial charge < -0.3 is 10.1 Å². The Hall–Kier alpha value is -0.980. The fourth-order valence-corrected chi connectivity index (χ4v) is 2.44. The molecule has 0 saturated heterocycles. The number of hydrogen-bond acceptors (Lipinski definition) is 3. The van der Waals surface area contributed by atoms with Crippen LogP contribution < -0.4 is 5.32 Å². The predicted molar refractivity (Wildman–Crippen MR) is 66.2 cm³/mol. The Bertz CT molecular complexity index is 362. The molecular formula is C12H17ClF3NO3. The van der Waals surface area contributed by atoms with Crippen molar-refractivity contribution in [2.45, 2.75) is 37.2 Å². The van der Waals surface area contributed by atoms with Crippen molar-refractivity contribution in [1.82, 2.24) is 5.32 Å². The molecule has 0 aromatic rings. The standard InChI is InChI=1S/C12H17ClF3NO3/c1-20-11(19)9(13)6-17-10(18)7-3-2-4-8(5-7)12(14,15)16/h7-9H,2-6H2,1H3,(H,17,18). The van der Waals surface area contributed by atoms with Gasteiger partial charge >= 0.3 is 12.1 Å². The number of esters is 1. The SMILES string of the molecule is COC(=O)C(Cl)CNC(=O)C1CCCC(C(F)(F)F)C1. The minimum absolute atomic E-state index is 0.0631. The second-order valence-corrected chi connectivity index (χ2v) is 5.36. The molecule has 1 N–H and O–H groups in total. The van der Waals surface area contributed by atoms with Gasteiger partial charge in [-0.05, 0) is 19.3 Å². The maximum atomic E-state index is 12.6. The number of carbonyl (C=O) groups is 2. The molecule has 3 unspecified atom stereocenters. The molecule has 0 bridgehead atoms. The first-order chi connectivity index (χ1) is 9.25. The van der Waals surface area contributed by atoms with E-state index in [-0.39, 0.29) is 19.4 Å². The van der Waals surface area contributed by atoms with Gasteiger partial charge in [0, 0.05) is 12.5 Å². The first-order valence-corrected chi connectivity index (χ1v) is 6.75. The van der Waals surface area contributed by atoms with Crippen LogP contribution in [0.5, 0.6) is 0 Å². The number of ether oxygens (including phenoxy) is 1. The number of methoxy groups -OCH3 is 1. The average Bonchev–Trinajstić information content (AvgIpc) is 2.42. The van der Waals surface area contributed by atoms with E-state index in [4.69, 9.17) is 11.6 Å². The van der Waals surface area contributed by atoms with Crippen molar-refractivity contribution in [2.75, 3.05) is 13.7 Å². The molecule has 20 heavy (non-hydrogen) atoms. The van der Waals surface area contributed by atoms with Crippen molar-refractivity contribution < 1.29 is 27.5 Å². The Labute approximate surface area is 120 Å². The maximum Gasteiger partial charge on any atom is 0.391 e. The van der Waals surface area contributed by atoms with Gasteiger partial charge in [-0.2, -0.15) is 13.2 Å². The van der Waals surface area contributed by atoms with Gasteiger partial charge in [0.15, 0.2) is 0 Å². The molecular weight excluding hydrogens is 299 g/mol. The summed E-state index contributed by atoms with van der Waals surface area (Å²) in [5.41, 5.74) is 0. The van der Waals surface area contributed by atoms with Crippen LogP contribution in [0.25, 0.3) is 0 Å². The maximum absolute atomic E-state index is 12.6. The van der Waals surface area contributed by atoms with Gasteiger partial charge in [-0.1, -0.05) is 6.42 Å². The molecule has 1 amide bonds. The molecule has 0 heterocycles. The molecule has 0 aliphatic heterocycles. The fourth-order valence-electron chi connectivity index (χ4n) is 2.27. The summed E-state index contributed by atoms with van der Waals surface area (Å²) in [4.78, 5) is 22.8. The minimum Gasteiger partial charge on any atom is -0.468 e. The number of rotatable bonds is 4. The second-order valence-electron chi connectivity index (χ2n) is 4.84. The van der Waals surface area contributed by atoms with E-state index in [0.717, 1.165) is 7.11 Å². The number of alkyl halides is 4. The van der Waals surface area contributed by atoms with Gasteiger partial charge in [-0.15, -0.1) is 11.6 Å². The zero-order chi connectivity index (χ0) is 15.3. The Morgan fingerprint density at radius 3 is 2.60 bits per heavy atom. The van der Waals surface area contributed by atoms with Crippen LogP contribution in [0.4, 0.5) is 13.2 Å². The van der Waals surface area contributed by atoms with Gasteiger partial charge in [-0.25, -0.2) is 0 Å². The van der Waals surface area contributed by atoms with E-state index in [9.17, 15) is 22.8 Å². The lowest BCUT2D eigenvalue weighted by molar-refractivity contribution is -0.186. The topological polar surface area (TPSA) is 55.4 Å². The summed E-state index contributed by atoms with van der Waals surface area (Å²) in [7, 11) is 1.16. The molecule has 0 radical (unpaired) electrons. The van der Waals surface area contributed by atoms with Crippen molar-refractivity contribution in [3.8, 4) is 0 Å². The highest BCUT2D eigenvalue weighted by Gasteiger charge is 2.43. The summed E-state index contributed by atoms with van der Waals surface area (Å²) in [6.07, 6.45) is -3.62. The molecule has 1 aliphatic carbocycles. The largest absolute Gasteiger partial charge is 0.468 e. The molecule has 1 saturated carbocycles. The Balaban J connectivity index is 2.45. The van der Waals surface area contributed by atoms with E-state index in [1.54, 1.807) is 0 Å². The summed E-state index contributed by atoms with van der Waals surface area (Å²) >= 11 is 5.65. The molecule has 1 aliphatic rings. The zero-order valence-corrected chi connectivity index (χ0v) is 11.8. The molecule has 1 fully saturated rings. The lowest BCUT2D eigenvalue weighted by atomic mass is 9.80. The third-order valence-corrected chi connectivity index (χ3v) is 3.75. The quantitative estimate of drug-likeness (QED) is 0.639. The van der Waals surface area contributed by atoms with Gasteiger partial charge in [0.25, 0.3) is 0 Å². The summed E-state index contributed by atoms with van der Waals surface area (Å²) in [5.74, 6) is -3.30. The van der Waals surface area contributed by atoms with Crippen LogP contribution in [-0.2, 0) is 14.3 Å². The Kier molecular flexibility index (Phi) is 6.10. The third kappa shape index (κ3) is 4.85. The highest BCUT2D eigenvalue weighted by atomic mass is 35.5. The van der Waals surface area contributed by atoms with Crippen LogP contribution in [0.2, 0.25) is 0 Å². The highest BCUT2D eigenvalue weighted by Crippen LogP contribution is 2.39. The number of halogens is 4. The van der Waals surface area contributed by atoms with Crippen LogP contribution in [-0.4, -0.2) is 37.1 Å². The molecule has 0 aromatic carbocycles. The molecule has 4 nitrogen and oxygen atoms in total. The smallest absolute Gasteiger partial charge is 0.391 e. The Morgan fingerprint density at radius 2 is 2.05 bits per heavy atom. The van der Waals surface area contributed by atoms with E-state index in [1.807, 2.05) is 0 Å². The minimum atomic E-state index is -4.26. The lowest BCUT2D eigenvalue weighted by Gasteiger charge is -2.29. The number of nitrogens with one attached hydrogen (secondary N) is 1. The van der Waals surface area contributed by atoms with Crippen molar-refractivity contribution in [3.05, 3.63) is 0 Å². The van der Waals surface area contributed by atoms with Crippen LogP contribution in [0.1, 0.15) is 25.7 Å². The van der Waals surface area contributed by atoms with Crippen molar-refractivity contribution >= 4 is 23.5 Å². The van der Waals surface area contributed by atoms with Gasteiger partial charge in [0.05, 0.1) is 13.0 Å². The molecule has 3 atom stereocenters. The first kappa shape index (κ1) is 17.1. The molecule has 8 heteroatoms. The predicted octanol–water partition coefficient (Wildman–Crippen LogP) is 2.25. The molecule has 0 spiro atoms. The van der Waals surface area contributed by atoms with Crippen molar-refractivity contribution in [2.24, 2.45) is 11.8 Å². The summed E-state index contributed by atoms with van der Waals surface area (Å²) in [6, 6.07) is 0. The molecule has 116 valence electrons. The summed E-state index contributed by atoms with van der Waals surface area (Å²) < 4.78 is 42.3. The van der Waals surface area contributed by atoms with Gasteiger partial charge in [0.1, 0.15) is 5.38 Å². The number of carbonyl (C=O) groups excluding carboxylic acids is 2. The molecule has 1 rings (SSSR count). The zero-order valence-electron chi connectivity index (χ0n) is 11.0.